The zero-order chi connectivity index (χ0) is 23.4. The number of amides is 1. The van der Waals surface area contributed by atoms with Crippen LogP contribution in [-0.2, 0) is 37.1 Å². The lowest BCUT2D eigenvalue weighted by atomic mass is 10.1. The minimum absolute atomic E-state index is 0.0452. The number of hydrogen-bond donors (Lipinski definition) is 3. The van der Waals surface area contributed by atoms with E-state index in [1.807, 2.05) is 0 Å². The first-order valence-electron chi connectivity index (χ1n) is 9.62. The summed E-state index contributed by atoms with van der Waals surface area (Å²) in [6.45, 7) is 7.88. The predicted molar refractivity (Wildman–Crippen MR) is 115 cm³/mol. The molecule has 3 N–H and O–H groups in total. The van der Waals surface area contributed by atoms with Crippen molar-refractivity contribution in [1.82, 2.24) is 19.9 Å². The van der Waals surface area contributed by atoms with E-state index in [-0.39, 0.29) is 34.7 Å². The molecular formula is C19H28N4O6S2. The lowest BCUT2D eigenvalue weighted by Crippen LogP contribution is -2.44. The second kappa shape index (κ2) is 9.90. The molecule has 1 heterocycles. The molecule has 0 unspecified atom stereocenters. The summed E-state index contributed by atoms with van der Waals surface area (Å²) in [6, 6.07) is 5.52. The van der Waals surface area contributed by atoms with Crippen molar-refractivity contribution in [3.8, 4) is 0 Å². The maximum absolute atomic E-state index is 12.6. The second-order valence-electron chi connectivity index (χ2n) is 7.51. The molecule has 31 heavy (non-hydrogen) atoms. The Labute approximate surface area is 182 Å². The van der Waals surface area contributed by atoms with Gasteiger partial charge in [-0.1, -0.05) is 29.4 Å². The number of hydrogen-bond acceptors (Lipinski definition) is 7. The van der Waals surface area contributed by atoms with Gasteiger partial charge in [0.1, 0.15) is 10.6 Å². The summed E-state index contributed by atoms with van der Waals surface area (Å²) < 4.78 is 59.3. The van der Waals surface area contributed by atoms with Gasteiger partial charge in [0.05, 0.1) is 11.8 Å². The molecule has 0 aliphatic carbocycles. The van der Waals surface area contributed by atoms with Gasteiger partial charge in [-0.2, -0.15) is 4.72 Å². The van der Waals surface area contributed by atoms with Crippen LogP contribution in [0.25, 0.3) is 0 Å². The molecule has 0 fully saturated rings. The van der Waals surface area contributed by atoms with Crippen molar-refractivity contribution in [1.29, 1.82) is 0 Å². The molecule has 0 aliphatic heterocycles. The van der Waals surface area contributed by atoms with Gasteiger partial charge >= 0.3 is 0 Å². The van der Waals surface area contributed by atoms with Gasteiger partial charge in [0.15, 0.2) is 5.76 Å². The Morgan fingerprint density at radius 3 is 2.19 bits per heavy atom. The molecule has 1 amide bonds. The first-order chi connectivity index (χ1) is 14.3. The van der Waals surface area contributed by atoms with Crippen molar-refractivity contribution >= 4 is 26.0 Å². The highest BCUT2D eigenvalue weighted by Gasteiger charge is 2.28. The van der Waals surface area contributed by atoms with Gasteiger partial charge in [0, 0.05) is 12.6 Å². The van der Waals surface area contributed by atoms with E-state index < -0.39 is 32.0 Å². The SMILES string of the molecule is Cc1noc(C)c1S(=O)(=O)N[C@@H](C)C(=O)NCc1ccccc1CS(=O)(=O)NC(C)C. The Morgan fingerprint density at radius 1 is 1.03 bits per heavy atom. The van der Waals surface area contributed by atoms with E-state index in [0.717, 1.165) is 0 Å². The van der Waals surface area contributed by atoms with Gasteiger partial charge in [-0.25, -0.2) is 21.6 Å². The fraction of sp³-hybridized carbons (Fsp3) is 0.474. The molecule has 1 aromatic heterocycles. The van der Waals surface area contributed by atoms with E-state index in [2.05, 4.69) is 19.9 Å². The molecule has 0 spiro atoms. The fourth-order valence-corrected chi connectivity index (χ4v) is 6.04. The zero-order valence-electron chi connectivity index (χ0n) is 18.1. The summed E-state index contributed by atoms with van der Waals surface area (Å²) in [5.41, 5.74) is 1.36. The summed E-state index contributed by atoms with van der Waals surface area (Å²) in [5.74, 6) is -0.665. The number of carbonyl (C=O) groups is 1. The predicted octanol–water partition coefficient (Wildman–Crippen LogP) is 1.10. The monoisotopic (exact) mass is 472 g/mol. The summed E-state index contributed by atoms with van der Waals surface area (Å²) in [4.78, 5) is 12.4. The number of aryl methyl sites for hydroxylation is 2. The van der Waals surface area contributed by atoms with Gasteiger partial charge in [0.25, 0.3) is 0 Å². The van der Waals surface area contributed by atoms with E-state index >= 15 is 0 Å². The van der Waals surface area contributed by atoms with Crippen LogP contribution in [0.15, 0.2) is 33.7 Å². The summed E-state index contributed by atoms with van der Waals surface area (Å²) in [6.07, 6.45) is 0. The topological polar surface area (TPSA) is 147 Å². The largest absolute Gasteiger partial charge is 0.360 e. The highest BCUT2D eigenvalue weighted by atomic mass is 32.2. The number of benzene rings is 1. The van der Waals surface area contributed by atoms with E-state index in [4.69, 9.17) is 4.52 Å². The van der Waals surface area contributed by atoms with Gasteiger partial charge in [-0.05, 0) is 45.7 Å². The molecule has 12 heteroatoms. The van der Waals surface area contributed by atoms with Crippen molar-refractivity contribution in [2.45, 2.75) is 63.9 Å². The van der Waals surface area contributed by atoms with Crippen LogP contribution in [0.2, 0.25) is 0 Å². The number of rotatable bonds is 10. The standard InChI is InChI=1S/C19H28N4O6S2/c1-12(2)22-30(25,26)11-17-9-7-6-8-16(17)10-20-19(24)14(4)23-31(27,28)18-13(3)21-29-15(18)5/h6-9,12,14,22-23H,10-11H2,1-5H3,(H,20,24)/t14-/m0/s1. The Morgan fingerprint density at radius 2 is 1.65 bits per heavy atom. The lowest BCUT2D eigenvalue weighted by Gasteiger charge is -2.16. The average molecular weight is 473 g/mol. The van der Waals surface area contributed by atoms with E-state index in [0.29, 0.717) is 11.1 Å². The van der Waals surface area contributed by atoms with Crippen LogP contribution in [0.4, 0.5) is 0 Å². The molecule has 1 aromatic carbocycles. The highest BCUT2D eigenvalue weighted by Crippen LogP contribution is 2.19. The molecule has 10 nitrogen and oxygen atoms in total. The molecule has 0 aliphatic rings. The van der Waals surface area contributed by atoms with Gasteiger partial charge in [-0.3, -0.25) is 4.79 Å². The van der Waals surface area contributed by atoms with Crippen LogP contribution < -0.4 is 14.8 Å². The summed E-state index contributed by atoms with van der Waals surface area (Å²) in [7, 11) is -7.54. The van der Waals surface area contributed by atoms with Crippen LogP contribution in [0.3, 0.4) is 0 Å². The third kappa shape index (κ3) is 6.86. The second-order valence-corrected chi connectivity index (χ2v) is 10.9. The smallest absolute Gasteiger partial charge is 0.246 e. The molecule has 172 valence electrons. The summed E-state index contributed by atoms with van der Waals surface area (Å²) >= 11 is 0. The van der Waals surface area contributed by atoms with E-state index in [1.54, 1.807) is 38.1 Å². The van der Waals surface area contributed by atoms with Crippen LogP contribution in [0, 0.1) is 13.8 Å². The van der Waals surface area contributed by atoms with Gasteiger partial charge in [-0.15, -0.1) is 0 Å². The fourth-order valence-electron chi connectivity index (χ4n) is 3.02. The number of sulfonamides is 2. The Balaban J connectivity index is 2.06. The molecule has 2 aromatic rings. The molecule has 2 rings (SSSR count). The van der Waals surface area contributed by atoms with Crippen LogP contribution in [0.5, 0.6) is 0 Å². The van der Waals surface area contributed by atoms with Crippen molar-refractivity contribution in [3.63, 3.8) is 0 Å². The van der Waals surface area contributed by atoms with Crippen LogP contribution in [-0.4, -0.2) is 40.0 Å². The van der Waals surface area contributed by atoms with Crippen molar-refractivity contribution in [2.75, 3.05) is 0 Å². The maximum atomic E-state index is 12.6. The number of nitrogens with zero attached hydrogens (tertiary/aromatic N) is 1. The van der Waals surface area contributed by atoms with E-state index in [9.17, 15) is 21.6 Å². The van der Waals surface area contributed by atoms with Crippen molar-refractivity contribution < 1.29 is 26.2 Å². The Bertz CT molecular complexity index is 1120. The van der Waals surface area contributed by atoms with Crippen molar-refractivity contribution in [3.05, 3.63) is 46.8 Å². The van der Waals surface area contributed by atoms with Crippen LogP contribution in [0.1, 0.15) is 43.4 Å². The molecule has 0 bridgehead atoms. The third-order valence-corrected chi connectivity index (χ3v) is 7.60. The molecule has 0 saturated heterocycles. The molecule has 1 atom stereocenters. The number of aromatic nitrogens is 1. The summed E-state index contributed by atoms with van der Waals surface area (Å²) in [5, 5.41) is 6.26. The quantitative estimate of drug-likeness (QED) is 0.469. The average Bonchev–Trinajstić information content (AvgIpc) is 2.98. The minimum Gasteiger partial charge on any atom is -0.360 e. The maximum Gasteiger partial charge on any atom is 0.246 e. The van der Waals surface area contributed by atoms with E-state index in [1.165, 1.54) is 20.8 Å². The Kier molecular flexibility index (Phi) is 7.98. The number of carbonyl (C=O) groups excluding carboxylic acids is 1. The number of nitrogens with one attached hydrogen (secondary N) is 3. The van der Waals surface area contributed by atoms with Crippen molar-refractivity contribution in [2.24, 2.45) is 0 Å². The minimum atomic E-state index is -4.00. The third-order valence-electron chi connectivity index (χ3n) is 4.29. The highest BCUT2D eigenvalue weighted by molar-refractivity contribution is 7.89. The van der Waals surface area contributed by atoms with Crippen LogP contribution >= 0.6 is 0 Å². The Hall–Kier alpha value is -2.28. The van der Waals surface area contributed by atoms with Gasteiger partial charge in [0.2, 0.25) is 26.0 Å². The molecule has 0 saturated carbocycles. The first kappa shape index (κ1) is 25.0. The molecular weight excluding hydrogens is 444 g/mol. The lowest BCUT2D eigenvalue weighted by molar-refractivity contribution is -0.122. The van der Waals surface area contributed by atoms with Gasteiger partial charge < -0.3 is 9.84 Å². The normalized spacial score (nSPS) is 13.4. The molecule has 0 radical (unpaired) electrons. The first-order valence-corrected chi connectivity index (χ1v) is 12.8. The zero-order valence-corrected chi connectivity index (χ0v) is 19.7.